The number of hydrogen-bond donors (Lipinski definition) is 1. The molecule has 1 aliphatic carbocycles. The fraction of sp³-hybridized carbons (Fsp3) is 0.750. The minimum atomic E-state index is 0.0456. The third-order valence-corrected chi connectivity index (χ3v) is 6.31. The van der Waals surface area contributed by atoms with Crippen molar-refractivity contribution in [2.24, 2.45) is 5.41 Å². The van der Waals surface area contributed by atoms with Crippen molar-refractivity contribution < 1.29 is 9.59 Å². The van der Waals surface area contributed by atoms with Crippen LogP contribution in [0, 0.1) is 5.41 Å². The molecule has 0 aromatic carbocycles. The number of rotatable bonds is 5. The van der Waals surface area contributed by atoms with Gasteiger partial charge in [-0.05, 0) is 44.6 Å². The summed E-state index contributed by atoms with van der Waals surface area (Å²) in [7, 11) is 0. The molecular weight excluding hydrogens is 328 g/mol. The van der Waals surface area contributed by atoms with Crippen molar-refractivity contribution >= 4 is 11.8 Å². The second-order valence-electron chi connectivity index (χ2n) is 8.48. The number of carbonyl (C=O) groups is 2. The van der Waals surface area contributed by atoms with Crippen LogP contribution in [0.1, 0.15) is 80.4 Å². The van der Waals surface area contributed by atoms with Gasteiger partial charge in [0, 0.05) is 49.6 Å². The Labute approximate surface area is 155 Å². The molecule has 2 amide bonds. The lowest BCUT2D eigenvalue weighted by Crippen LogP contribution is -2.55. The summed E-state index contributed by atoms with van der Waals surface area (Å²) in [6.45, 7) is 5.38. The highest BCUT2D eigenvalue weighted by molar-refractivity contribution is 5.92. The number of aromatic nitrogens is 2. The van der Waals surface area contributed by atoms with E-state index in [2.05, 4.69) is 17.1 Å². The predicted molar refractivity (Wildman–Crippen MR) is 98.9 cm³/mol. The zero-order valence-corrected chi connectivity index (χ0v) is 15.8. The molecule has 1 atom stereocenters. The molecule has 1 saturated carbocycles. The van der Waals surface area contributed by atoms with Gasteiger partial charge in [0.2, 0.25) is 5.91 Å². The van der Waals surface area contributed by atoms with Crippen molar-refractivity contribution in [3.05, 3.63) is 17.5 Å². The van der Waals surface area contributed by atoms with Gasteiger partial charge in [0.25, 0.3) is 5.91 Å². The van der Waals surface area contributed by atoms with Crippen molar-refractivity contribution in [2.45, 2.75) is 64.2 Å². The lowest BCUT2D eigenvalue weighted by Gasteiger charge is -2.48. The van der Waals surface area contributed by atoms with E-state index in [1.54, 1.807) is 0 Å². The smallest absolute Gasteiger partial charge is 0.274 e. The van der Waals surface area contributed by atoms with E-state index >= 15 is 0 Å². The number of likely N-dealkylation sites (tertiary alicyclic amines) is 2. The SMILES string of the molecule is CCCCN1CC2(CCCN(C(=O)c3cc(C4CC4)[nH]n3)C2)CCC1=O. The van der Waals surface area contributed by atoms with Crippen LogP contribution in [-0.4, -0.2) is 58.0 Å². The van der Waals surface area contributed by atoms with Crippen molar-refractivity contribution in [2.75, 3.05) is 26.2 Å². The van der Waals surface area contributed by atoms with Gasteiger partial charge in [-0.3, -0.25) is 14.7 Å². The Hall–Kier alpha value is -1.85. The largest absolute Gasteiger partial charge is 0.342 e. The van der Waals surface area contributed by atoms with Gasteiger partial charge < -0.3 is 9.80 Å². The minimum Gasteiger partial charge on any atom is -0.342 e. The molecule has 3 aliphatic rings. The topological polar surface area (TPSA) is 69.3 Å². The van der Waals surface area contributed by atoms with Crippen LogP contribution in [0.4, 0.5) is 0 Å². The summed E-state index contributed by atoms with van der Waals surface area (Å²) < 4.78 is 0. The summed E-state index contributed by atoms with van der Waals surface area (Å²) in [5.41, 5.74) is 1.73. The average molecular weight is 358 g/mol. The monoisotopic (exact) mass is 358 g/mol. The highest BCUT2D eigenvalue weighted by atomic mass is 16.2. The van der Waals surface area contributed by atoms with E-state index in [4.69, 9.17) is 0 Å². The first kappa shape index (κ1) is 17.6. The summed E-state index contributed by atoms with van der Waals surface area (Å²) in [6, 6.07) is 1.94. The second-order valence-corrected chi connectivity index (χ2v) is 8.48. The number of amides is 2. The molecule has 6 nitrogen and oxygen atoms in total. The fourth-order valence-electron chi connectivity index (χ4n) is 4.58. The van der Waals surface area contributed by atoms with Crippen LogP contribution < -0.4 is 0 Å². The van der Waals surface area contributed by atoms with Crippen LogP contribution in [0.15, 0.2) is 6.07 Å². The van der Waals surface area contributed by atoms with E-state index in [-0.39, 0.29) is 17.2 Å². The van der Waals surface area contributed by atoms with Crippen molar-refractivity contribution in [3.8, 4) is 0 Å². The minimum absolute atomic E-state index is 0.0456. The third-order valence-electron chi connectivity index (χ3n) is 6.31. The van der Waals surface area contributed by atoms with Gasteiger partial charge in [-0.25, -0.2) is 0 Å². The quantitative estimate of drug-likeness (QED) is 0.880. The van der Waals surface area contributed by atoms with E-state index in [1.165, 1.54) is 12.8 Å². The maximum absolute atomic E-state index is 13.0. The van der Waals surface area contributed by atoms with Gasteiger partial charge in [0.15, 0.2) is 0 Å². The lowest BCUT2D eigenvalue weighted by molar-refractivity contribution is -0.139. The van der Waals surface area contributed by atoms with Gasteiger partial charge in [-0.15, -0.1) is 0 Å². The number of unbranched alkanes of at least 4 members (excludes halogenated alkanes) is 1. The maximum atomic E-state index is 13.0. The molecule has 1 aromatic rings. The normalized spacial score (nSPS) is 26.6. The van der Waals surface area contributed by atoms with Crippen LogP contribution in [-0.2, 0) is 4.79 Å². The Morgan fingerprint density at radius 3 is 2.96 bits per heavy atom. The summed E-state index contributed by atoms with van der Waals surface area (Å²) in [4.78, 5) is 29.2. The van der Waals surface area contributed by atoms with Gasteiger partial charge in [-0.2, -0.15) is 5.10 Å². The Morgan fingerprint density at radius 1 is 1.35 bits per heavy atom. The van der Waals surface area contributed by atoms with Gasteiger partial charge in [0.1, 0.15) is 5.69 Å². The molecule has 26 heavy (non-hydrogen) atoms. The van der Waals surface area contributed by atoms with E-state index < -0.39 is 0 Å². The zero-order valence-electron chi connectivity index (χ0n) is 15.8. The molecule has 1 aromatic heterocycles. The Kier molecular flexibility index (Phi) is 4.76. The number of aromatic amines is 1. The Balaban J connectivity index is 1.44. The highest BCUT2D eigenvalue weighted by Gasteiger charge is 2.43. The van der Waals surface area contributed by atoms with Crippen LogP contribution in [0.2, 0.25) is 0 Å². The molecule has 1 N–H and O–H groups in total. The highest BCUT2D eigenvalue weighted by Crippen LogP contribution is 2.40. The molecule has 6 heteroatoms. The molecule has 3 fully saturated rings. The molecule has 0 bridgehead atoms. The van der Waals surface area contributed by atoms with Crippen LogP contribution in [0.25, 0.3) is 0 Å². The number of nitrogens with one attached hydrogen (secondary N) is 1. The number of piperidine rings is 2. The van der Waals surface area contributed by atoms with Crippen molar-refractivity contribution in [3.63, 3.8) is 0 Å². The average Bonchev–Trinajstić information content (AvgIpc) is 3.39. The molecule has 2 aliphatic heterocycles. The maximum Gasteiger partial charge on any atom is 0.274 e. The van der Waals surface area contributed by atoms with E-state index in [0.717, 1.165) is 64.0 Å². The summed E-state index contributed by atoms with van der Waals surface area (Å²) >= 11 is 0. The van der Waals surface area contributed by atoms with Crippen LogP contribution in [0.3, 0.4) is 0 Å². The van der Waals surface area contributed by atoms with Crippen molar-refractivity contribution in [1.29, 1.82) is 0 Å². The number of hydrogen-bond acceptors (Lipinski definition) is 3. The Bertz CT molecular complexity index is 681. The van der Waals surface area contributed by atoms with E-state index in [1.807, 2.05) is 15.9 Å². The lowest BCUT2D eigenvalue weighted by atomic mass is 9.73. The third kappa shape index (κ3) is 3.51. The molecule has 1 spiro atoms. The number of nitrogens with zero attached hydrogens (tertiary/aromatic N) is 3. The standard InChI is InChI=1S/C20H30N4O2/c1-2-3-10-23-13-20(9-7-18(23)25)8-4-11-24(14-20)19(26)17-12-16(21-22-17)15-5-6-15/h12,15H,2-11,13-14H2,1H3,(H,21,22). The fourth-order valence-corrected chi connectivity index (χ4v) is 4.58. The van der Waals surface area contributed by atoms with E-state index in [0.29, 0.717) is 18.0 Å². The molecule has 1 unspecified atom stereocenters. The first-order chi connectivity index (χ1) is 12.6. The van der Waals surface area contributed by atoms with Crippen molar-refractivity contribution in [1.82, 2.24) is 20.0 Å². The molecular formula is C20H30N4O2. The molecule has 4 rings (SSSR count). The summed E-state index contributed by atoms with van der Waals surface area (Å²) in [5.74, 6) is 0.909. The molecule has 142 valence electrons. The number of H-pyrrole nitrogens is 1. The van der Waals surface area contributed by atoms with Gasteiger partial charge >= 0.3 is 0 Å². The second kappa shape index (κ2) is 7.05. The predicted octanol–water partition coefficient (Wildman–Crippen LogP) is 2.93. The zero-order chi connectivity index (χ0) is 18.1. The van der Waals surface area contributed by atoms with Crippen LogP contribution >= 0.6 is 0 Å². The summed E-state index contributed by atoms with van der Waals surface area (Å²) in [5, 5.41) is 7.32. The molecule has 3 heterocycles. The number of carbonyl (C=O) groups excluding carboxylic acids is 2. The van der Waals surface area contributed by atoms with Crippen LogP contribution in [0.5, 0.6) is 0 Å². The van der Waals surface area contributed by atoms with Gasteiger partial charge in [0.05, 0.1) is 0 Å². The van der Waals surface area contributed by atoms with Gasteiger partial charge in [-0.1, -0.05) is 13.3 Å². The molecule has 0 radical (unpaired) electrons. The first-order valence-corrected chi connectivity index (χ1v) is 10.2. The van der Waals surface area contributed by atoms with E-state index in [9.17, 15) is 9.59 Å². The first-order valence-electron chi connectivity index (χ1n) is 10.2. The summed E-state index contributed by atoms with van der Waals surface area (Å²) in [6.07, 6.45) is 8.22. The Morgan fingerprint density at radius 2 is 2.19 bits per heavy atom. The molecule has 2 saturated heterocycles.